The molecule has 5 heteroatoms. The van der Waals surface area contributed by atoms with Crippen LogP contribution in [0.3, 0.4) is 0 Å². The molecule has 3 N–H and O–H groups in total. The summed E-state index contributed by atoms with van der Waals surface area (Å²) in [4.78, 5) is 11.7. The van der Waals surface area contributed by atoms with E-state index in [0.717, 1.165) is 25.7 Å². The maximum absolute atomic E-state index is 11.7. The average Bonchev–Trinajstić information content (AvgIpc) is 2.67. The van der Waals surface area contributed by atoms with Crippen LogP contribution >= 0.6 is 0 Å². The fourth-order valence-corrected chi connectivity index (χ4v) is 2.58. The number of allylic oxidation sites excluding steroid dienone is 2. The molecule has 0 aromatic rings. The van der Waals surface area contributed by atoms with Crippen molar-refractivity contribution in [2.75, 3.05) is 26.4 Å². The molecule has 0 aromatic heterocycles. The molecule has 0 amide bonds. The Morgan fingerprint density at radius 1 is 0.808 bits per heavy atom. The van der Waals surface area contributed by atoms with Gasteiger partial charge >= 0.3 is 5.97 Å². The number of aliphatic hydroxyl groups excluding tert-OH is 3. The van der Waals surface area contributed by atoms with Crippen LogP contribution in [0.2, 0.25) is 0 Å². The van der Waals surface area contributed by atoms with Crippen LogP contribution in [0.5, 0.6) is 0 Å². The van der Waals surface area contributed by atoms with Gasteiger partial charge in [-0.1, -0.05) is 57.6 Å². The molecule has 0 saturated heterocycles. The summed E-state index contributed by atoms with van der Waals surface area (Å²) in [6.45, 7) is 0.830. The number of hydrogen-bond acceptors (Lipinski definition) is 5. The quantitative estimate of drug-likeness (QED) is 0.194. The maximum Gasteiger partial charge on any atom is 0.305 e. The Bertz CT molecular complexity index is 342. The van der Waals surface area contributed by atoms with Gasteiger partial charge in [-0.25, -0.2) is 0 Å². The molecule has 154 valence electrons. The second-order valence-electron chi connectivity index (χ2n) is 7.26. The number of ether oxygens (including phenoxy) is 1. The maximum atomic E-state index is 11.7. The van der Waals surface area contributed by atoms with E-state index in [1.165, 1.54) is 44.9 Å². The van der Waals surface area contributed by atoms with Crippen molar-refractivity contribution in [2.45, 2.75) is 84.0 Å². The number of carbonyl (C=O) groups excluding carboxylic acids is 1. The summed E-state index contributed by atoms with van der Waals surface area (Å²) in [5.41, 5.74) is -1.14. The van der Waals surface area contributed by atoms with E-state index in [-0.39, 0.29) is 12.6 Å². The van der Waals surface area contributed by atoms with Crippen LogP contribution in [0.15, 0.2) is 12.2 Å². The molecule has 0 bridgehead atoms. The monoisotopic (exact) mass is 372 g/mol. The standard InChI is InChI=1S/C21H40O5/c1-2-3-4-5-6-7-8-9-10-11-12-13-14-15-20(25)26-19-21(16-22,17-23)18-24/h7-8,22-24H,2-6,9-19H2,1H3. The smallest absolute Gasteiger partial charge is 0.305 e. The van der Waals surface area contributed by atoms with Crippen molar-refractivity contribution < 1.29 is 24.9 Å². The summed E-state index contributed by atoms with van der Waals surface area (Å²) in [5.74, 6) is -0.337. The van der Waals surface area contributed by atoms with Crippen molar-refractivity contribution >= 4 is 5.97 Å². The predicted octanol–water partition coefficient (Wildman–Crippen LogP) is 3.75. The first-order valence-corrected chi connectivity index (χ1v) is 10.3. The number of rotatable bonds is 18. The van der Waals surface area contributed by atoms with Crippen molar-refractivity contribution in [3.63, 3.8) is 0 Å². The van der Waals surface area contributed by atoms with E-state index in [1.54, 1.807) is 0 Å². The summed E-state index contributed by atoms with van der Waals surface area (Å²) < 4.78 is 5.06. The van der Waals surface area contributed by atoms with Crippen LogP contribution in [0, 0.1) is 5.41 Å². The summed E-state index contributed by atoms with van der Waals surface area (Å²) >= 11 is 0. The Morgan fingerprint density at radius 3 is 1.85 bits per heavy atom. The third kappa shape index (κ3) is 13.3. The molecule has 0 aliphatic carbocycles. The summed E-state index contributed by atoms with van der Waals surface area (Å²) in [6, 6.07) is 0. The highest BCUT2D eigenvalue weighted by molar-refractivity contribution is 5.69. The largest absolute Gasteiger partial charge is 0.465 e. The lowest BCUT2D eigenvalue weighted by molar-refractivity contribution is -0.151. The minimum absolute atomic E-state index is 0.153. The van der Waals surface area contributed by atoms with E-state index in [2.05, 4.69) is 19.1 Å². The Morgan fingerprint density at radius 2 is 1.31 bits per heavy atom. The van der Waals surface area contributed by atoms with Gasteiger partial charge in [0.15, 0.2) is 0 Å². The second kappa shape index (κ2) is 17.5. The highest BCUT2D eigenvalue weighted by atomic mass is 16.5. The molecule has 0 atom stereocenters. The summed E-state index contributed by atoms with van der Waals surface area (Å²) in [7, 11) is 0. The topological polar surface area (TPSA) is 87.0 Å². The van der Waals surface area contributed by atoms with Gasteiger partial charge in [0.25, 0.3) is 0 Å². The van der Waals surface area contributed by atoms with E-state index in [4.69, 9.17) is 4.74 Å². The average molecular weight is 373 g/mol. The van der Waals surface area contributed by atoms with Gasteiger partial charge in [0.1, 0.15) is 6.61 Å². The highest BCUT2D eigenvalue weighted by Crippen LogP contribution is 2.16. The van der Waals surface area contributed by atoms with Crippen molar-refractivity contribution in [1.29, 1.82) is 0 Å². The van der Waals surface area contributed by atoms with Gasteiger partial charge in [-0.15, -0.1) is 0 Å². The first-order chi connectivity index (χ1) is 12.6. The lowest BCUT2D eigenvalue weighted by atomic mass is 9.93. The molecule has 0 rings (SSSR count). The van der Waals surface area contributed by atoms with Crippen molar-refractivity contribution in [2.24, 2.45) is 5.41 Å². The molecule has 0 aliphatic heterocycles. The molecule has 0 heterocycles. The minimum atomic E-state index is -1.14. The van der Waals surface area contributed by atoms with Gasteiger partial charge in [-0.05, 0) is 32.1 Å². The van der Waals surface area contributed by atoms with Gasteiger partial charge in [-0.3, -0.25) is 4.79 Å². The number of carbonyl (C=O) groups is 1. The zero-order valence-corrected chi connectivity index (χ0v) is 16.6. The number of hydrogen-bond donors (Lipinski definition) is 3. The molecular formula is C21H40O5. The number of esters is 1. The van der Waals surface area contributed by atoms with E-state index >= 15 is 0 Å². The van der Waals surface area contributed by atoms with Gasteiger partial charge < -0.3 is 20.1 Å². The van der Waals surface area contributed by atoms with E-state index in [1.807, 2.05) is 0 Å². The van der Waals surface area contributed by atoms with E-state index in [9.17, 15) is 20.1 Å². The molecule has 0 spiro atoms. The van der Waals surface area contributed by atoms with Crippen molar-refractivity contribution in [1.82, 2.24) is 0 Å². The fourth-order valence-electron chi connectivity index (χ4n) is 2.58. The van der Waals surface area contributed by atoms with Gasteiger partial charge in [0.05, 0.1) is 25.2 Å². The lowest BCUT2D eigenvalue weighted by Crippen LogP contribution is -2.39. The normalized spacial score (nSPS) is 12.0. The molecule has 0 unspecified atom stereocenters. The lowest BCUT2D eigenvalue weighted by Gasteiger charge is -2.26. The van der Waals surface area contributed by atoms with Gasteiger partial charge in [0.2, 0.25) is 0 Å². The van der Waals surface area contributed by atoms with Crippen LogP contribution in [-0.4, -0.2) is 47.7 Å². The van der Waals surface area contributed by atoms with Gasteiger partial charge in [-0.2, -0.15) is 0 Å². The molecule has 5 nitrogen and oxygen atoms in total. The Balaban J connectivity index is 3.49. The molecule has 0 radical (unpaired) electrons. The van der Waals surface area contributed by atoms with Gasteiger partial charge in [0, 0.05) is 6.42 Å². The summed E-state index contributed by atoms with van der Waals surface area (Å²) in [5, 5.41) is 27.5. The van der Waals surface area contributed by atoms with E-state index in [0.29, 0.717) is 6.42 Å². The first-order valence-electron chi connectivity index (χ1n) is 10.3. The van der Waals surface area contributed by atoms with Crippen LogP contribution in [-0.2, 0) is 9.53 Å². The SMILES string of the molecule is CCCCCCC=CCCCCCCCC(=O)OCC(CO)(CO)CO. The summed E-state index contributed by atoms with van der Waals surface area (Å²) in [6.07, 6.45) is 17.8. The van der Waals surface area contributed by atoms with E-state index < -0.39 is 25.2 Å². The number of unbranched alkanes of at least 4 members (excludes halogenated alkanes) is 9. The Hall–Kier alpha value is -0.910. The van der Waals surface area contributed by atoms with Crippen LogP contribution in [0.4, 0.5) is 0 Å². The Kier molecular flexibility index (Phi) is 16.9. The minimum Gasteiger partial charge on any atom is -0.465 e. The number of aliphatic hydroxyl groups is 3. The van der Waals surface area contributed by atoms with Crippen LogP contribution in [0.25, 0.3) is 0 Å². The fraction of sp³-hybridized carbons (Fsp3) is 0.857. The van der Waals surface area contributed by atoms with Crippen LogP contribution < -0.4 is 0 Å². The third-order valence-corrected chi connectivity index (χ3v) is 4.69. The third-order valence-electron chi connectivity index (χ3n) is 4.69. The zero-order chi connectivity index (χ0) is 19.5. The Labute approximate surface area is 159 Å². The van der Waals surface area contributed by atoms with Crippen LogP contribution in [0.1, 0.15) is 84.0 Å². The highest BCUT2D eigenvalue weighted by Gasteiger charge is 2.29. The zero-order valence-electron chi connectivity index (χ0n) is 16.6. The molecule has 26 heavy (non-hydrogen) atoms. The molecule has 0 saturated carbocycles. The molecule has 0 aromatic carbocycles. The molecule has 0 aliphatic rings. The molecule has 0 fully saturated rings. The predicted molar refractivity (Wildman–Crippen MR) is 105 cm³/mol. The molecular weight excluding hydrogens is 332 g/mol. The van der Waals surface area contributed by atoms with Crippen molar-refractivity contribution in [3.05, 3.63) is 12.2 Å². The second-order valence-corrected chi connectivity index (χ2v) is 7.26. The first kappa shape index (κ1) is 25.1. The van der Waals surface area contributed by atoms with Crippen molar-refractivity contribution in [3.8, 4) is 0 Å².